The van der Waals surface area contributed by atoms with Crippen LogP contribution in [0.1, 0.15) is 52.0 Å². The number of benzene rings is 2. The molecule has 10 heteroatoms. The number of primary sulfonamides is 1. The zero-order chi connectivity index (χ0) is 27.7. The number of hydrogen-bond donors (Lipinski definition) is 1. The Morgan fingerprint density at radius 3 is 2.16 bits per heavy atom. The van der Waals surface area contributed by atoms with Gasteiger partial charge in [0.15, 0.2) is 0 Å². The molecule has 2 fully saturated rings. The highest BCUT2D eigenvalue weighted by Gasteiger charge is 2.47. The van der Waals surface area contributed by atoms with E-state index in [-0.39, 0.29) is 40.8 Å². The number of sulfonamides is 1. The summed E-state index contributed by atoms with van der Waals surface area (Å²) in [6.07, 6.45) is 1.58. The molecule has 0 aromatic heterocycles. The number of rotatable bonds is 7. The van der Waals surface area contributed by atoms with Crippen molar-refractivity contribution < 1.29 is 22.8 Å². The summed E-state index contributed by atoms with van der Waals surface area (Å²) in [5.74, 6) is -1.01. The van der Waals surface area contributed by atoms with Crippen molar-refractivity contribution in [2.45, 2.75) is 70.0 Å². The Balaban J connectivity index is 1.54. The summed E-state index contributed by atoms with van der Waals surface area (Å²) in [4.78, 5) is 45.2. The molecule has 0 spiro atoms. The third-order valence-electron chi connectivity index (χ3n) is 7.05. The van der Waals surface area contributed by atoms with Gasteiger partial charge in [0.05, 0.1) is 17.0 Å². The lowest BCUT2D eigenvalue weighted by Gasteiger charge is -2.41. The number of carbonyl (C=O) groups excluding carboxylic acids is 3. The molecule has 204 valence electrons. The molecule has 1 atom stereocenters. The van der Waals surface area contributed by atoms with Gasteiger partial charge in [0, 0.05) is 32.1 Å². The molecule has 2 N–H and O–H groups in total. The first-order chi connectivity index (χ1) is 17.8. The van der Waals surface area contributed by atoms with Crippen LogP contribution in [0.4, 0.5) is 5.69 Å². The van der Waals surface area contributed by atoms with E-state index in [0.717, 1.165) is 24.5 Å². The van der Waals surface area contributed by atoms with Gasteiger partial charge in [-0.2, -0.15) is 0 Å². The van der Waals surface area contributed by atoms with Crippen molar-refractivity contribution in [3.63, 3.8) is 0 Å². The Morgan fingerprint density at radius 2 is 1.61 bits per heavy atom. The molecule has 0 radical (unpaired) electrons. The third kappa shape index (κ3) is 6.48. The highest BCUT2D eigenvalue weighted by Crippen LogP contribution is 2.32. The van der Waals surface area contributed by atoms with E-state index in [1.807, 2.05) is 39.0 Å². The number of piperidine rings is 1. The van der Waals surface area contributed by atoms with Gasteiger partial charge in [-0.3, -0.25) is 19.3 Å². The Hall–Kier alpha value is -3.08. The van der Waals surface area contributed by atoms with Gasteiger partial charge in [0.25, 0.3) is 5.91 Å². The number of likely N-dealkylation sites (tertiary alicyclic amines) is 1. The summed E-state index contributed by atoms with van der Waals surface area (Å²) in [6.45, 7) is 8.33. The molecular weight excluding hydrogens is 504 g/mol. The van der Waals surface area contributed by atoms with E-state index in [4.69, 9.17) is 5.14 Å². The second-order valence-corrected chi connectivity index (χ2v) is 12.9. The number of carbonyl (C=O) groups is 3. The first-order valence-electron chi connectivity index (χ1n) is 12.9. The van der Waals surface area contributed by atoms with E-state index in [1.54, 1.807) is 4.90 Å². The van der Waals surface area contributed by atoms with Gasteiger partial charge in [0.2, 0.25) is 21.8 Å². The molecule has 38 heavy (non-hydrogen) atoms. The zero-order valence-corrected chi connectivity index (χ0v) is 23.0. The molecular formula is C28H36N4O5S. The monoisotopic (exact) mass is 540 g/mol. The van der Waals surface area contributed by atoms with E-state index < -0.39 is 27.9 Å². The maximum atomic E-state index is 13.6. The first-order valence-corrected chi connectivity index (χ1v) is 14.5. The fourth-order valence-corrected chi connectivity index (χ4v) is 5.78. The lowest BCUT2D eigenvalue weighted by molar-refractivity contribution is -0.143. The van der Waals surface area contributed by atoms with E-state index in [1.165, 1.54) is 29.8 Å². The quantitative estimate of drug-likeness (QED) is 0.539. The fraction of sp³-hybridized carbons (Fsp3) is 0.464. The second kappa shape index (κ2) is 11.0. The average molecular weight is 541 g/mol. The van der Waals surface area contributed by atoms with Crippen LogP contribution in [0.3, 0.4) is 0 Å². The Labute approximate surface area is 224 Å². The number of anilines is 1. The third-order valence-corrected chi connectivity index (χ3v) is 7.98. The highest BCUT2D eigenvalue weighted by molar-refractivity contribution is 7.89. The molecule has 2 aliphatic rings. The van der Waals surface area contributed by atoms with Crippen molar-refractivity contribution in [2.24, 2.45) is 10.6 Å². The molecule has 2 aromatic rings. The zero-order valence-electron chi connectivity index (χ0n) is 22.2. The van der Waals surface area contributed by atoms with Gasteiger partial charge < -0.3 is 4.90 Å². The molecule has 0 aliphatic carbocycles. The second-order valence-electron chi connectivity index (χ2n) is 11.4. The van der Waals surface area contributed by atoms with Crippen molar-refractivity contribution in [3.8, 4) is 0 Å². The Morgan fingerprint density at radius 1 is 1.00 bits per heavy atom. The lowest BCUT2D eigenvalue weighted by Crippen LogP contribution is -2.54. The maximum absolute atomic E-state index is 13.6. The molecule has 9 nitrogen and oxygen atoms in total. The number of nitrogens with zero attached hydrogens (tertiary/aromatic N) is 3. The van der Waals surface area contributed by atoms with Crippen LogP contribution in [-0.4, -0.2) is 61.1 Å². The van der Waals surface area contributed by atoms with Crippen molar-refractivity contribution >= 4 is 33.4 Å². The first kappa shape index (κ1) is 27.9. The van der Waals surface area contributed by atoms with Crippen LogP contribution in [0.2, 0.25) is 0 Å². The smallest absolute Gasteiger partial charge is 0.257 e. The van der Waals surface area contributed by atoms with E-state index in [0.29, 0.717) is 12.8 Å². The number of imide groups is 1. The van der Waals surface area contributed by atoms with Crippen LogP contribution in [0, 0.1) is 5.41 Å². The number of amides is 3. The van der Waals surface area contributed by atoms with Gasteiger partial charge in [-0.15, -0.1) is 0 Å². The molecule has 0 saturated carbocycles. The number of hydrogen-bond acceptors (Lipinski definition) is 6. The van der Waals surface area contributed by atoms with E-state index in [2.05, 4.69) is 17.0 Å². The highest BCUT2D eigenvalue weighted by atomic mass is 32.2. The summed E-state index contributed by atoms with van der Waals surface area (Å²) in [5.41, 5.74) is 1.21. The van der Waals surface area contributed by atoms with Crippen LogP contribution in [0.15, 0.2) is 59.5 Å². The van der Waals surface area contributed by atoms with Crippen LogP contribution in [-0.2, 0) is 31.0 Å². The Bertz CT molecular complexity index is 1280. The summed E-state index contributed by atoms with van der Waals surface area (Å²) in [6, 6.07) is 14.5. The van der Waals surface area contributed by atoms with Gasteiger partial charge in [-0.25, -0.2) is 18.5 Å². The minimum absolute atomic E-state index is 0.101. The number of nitrogens with two attached hydrogens (primary N) is 1. The van der Waals surface area contributed by atoms with E-state index >= 15 is 0 Å². The molecule has 2 saturated heterocycles. The van der Waals surface area contributed by atoms with Gasteiger partial charge >= 0.3 is 0 Å². The van der Waals surface area contributed by atoms with Gasteiger partial charge in [0.1, 0.15) is 6.04 Å². The van der Waals surface area contributed by atoms with Crippen molar-refractivity contribution in [3.05, 3.63) is 60.2 Å². The molecule has 4 rings (SSSR count). The summed E-state index contributed by atoms with van der Waals surface area (Å²) in [5, 5.41) is 5.17. The van der Waals surface area contributed by atoms with Gasteiger partial charge in [-0.05, 0) is 48.1 Å². The van der Waals surface area contributed by atoms with Crippen LogP contribution >= 0.6 is 0 Å². The largest absolute Gasteiger partial charge is 0.327 e. The standard InChI is InChI=1S/C28H36N4O5S/c1-28(2,3)18-26(34)31(22-13-15-30(16-14-22)19-20-7-5-4-6-8-20)24-17-25(33)32(27(24)35)21-9-11-23(12-10-21)38(29,36)37/h4-12,22,24H,13-19H2,1-3H3,(H2,29,36,37). The topological polar surface area (TPSA) is 121 Å². The van der Waals surface area contributed by atoms with Crippen LogP contribution in [0.5, 0.6) is 0 Å². The minimum Gasteiger partial charge on any atom is -0.327 e. The van der Waals surface area contributed by atoms with Crippen LogP contribution < -0.4 is 10.0 Å². The molecule has 2 aliphatic heterocycles. The lowest BCUT2D eigenvalue weighted by atomic mass is 9.90. The maximum Gasteiger partial charge on any atom is 0.257 e. The minimum atomic E-state index is -3.91. The van der Waals surface area contributed by atoms with Crippen molar-refractivity contribution in [1.29, 1.82) is 0 Å². The summed E-state index contributed by atoms with van der Waals surface area (Å²) in [7, 11) is -3.91. The summed E-state index contributed by atoms with van der Waals surface area (Å²) >= 11 is 0. The molecule has 2 heterocycles. The van der Waals surface area contributed by atoms with Crippen LogP contribution in [0.25, 0.3) is 0 Å². The SMILES string of the molecule is CC(C)(C)CC(=O)N(C1CCN(Cc2ccccc2)CC1)C1CC(=O)N(c2ccc(S(N)(=O)=O)cc2)C1=O. The fourth-order valence-electron chi connectivity index (χ4n) is 5.26. The van der Waals surface area contributed by atoms with Crippen molar-refractivity contribution in [2.75, 3.05) is 18.0 Å². The Kier molecular flexibility index (Phi) is 8.06. The molecule has 1 unspecified atom stereocenters. The van der Waals surface area contributed by atoms with Gasteiger partial charge in [-0.1, -0.05) is 51.1 Å². The summed E-state index contributed by atoms with van der Waals surface area (Å²) < 4.78 is 23.2. The molecule has 2 aromatic carbocycles. The predicted molar refractivity (Wildman–Crippen MR) is 144 cm³/mol. The predicted octanol–water partition coefficient (Wildman–Crippen LogP) is 2.90. The average Bonchev–Trinajstić information content (AvgIpc) is 3.12. The molecule has 3 amide bonds. The normalized spacial score (nSPS) is 19.7. The molecule has 0 bridgehead atoms. The van der Waals surface area contributed by atoms with E-state index in [9.17, 15) is 22.8 Å². The van der Waals surface area contributed by atoms with Crippen molar-refractivity contribution in [1.82, 2.24) is 9.80 Å².